The minimum absolute atomic E-state index is 0.487. The normalized spacial score (nSPS) is 21.3. The topological polar surface area (TPSA) is 58.4 Å². The minimum Gasteiger partial charge on any atom is -0.481 e. The van der Waals surface area contributed by atoms with Crippen molar-refractivity contribution in [2.75, 3.05) is 13.1 Å². The molecule has 0 spiro atoms. The van der Waals surface area contributed by atoms with E-state index in [1.807, 2.05) is 37.4 Å². The Balaban J connectivity index is 1.85. The molecular formula is C18H22ClN3O2. The molecule has 1 fully saturated rings. The number of aliphatic carboxylic acids is 1. The smallest absolute Gasteiger partial charge is 0.315 e. The standard InChI is InChI=1S/C18H22ClN3O2/c1-3-15-14(16(19)21(2)20-15)11-22-10-9-18(12-22,17(23)24)13-7-5-4-6-8-13/h4-8H,3,9-12H2,1-2H3,(H,23,24)/t18-/m0/s1. The molecule has 1 aromatic carbocycles. The summed E-state index contributed by atoms with van der Waals surface area (Å²) in [6.07, 6.45) is 1.41. The molecule has 0 aliphatic carbocycles. The summed E-state index contributed by atoms with van der Waals surface area (Å²) >= 11 is 6.38. The molecule has 1 aliphatic rings. The number of nitrogens with zero attached hydrogens (tertiary/aromatic N) is 3. The van der Waals surface area contributed by atoms with E-state index in [2.05, 4.69) is 16.9 Å². The van der Waals surface area contributed by atoms with E-state index in [-0.39, 0.29) is 0 Å². The molecule has 2 heterocycles. The predicted molar refractivity (Wildman–Crippen MR) is 93.2 cm³/mol. The Morgan fingerprint density at radius 1 is 1.38 bits per heavy atom. The van der Waals surface area contributed by atoms with Crippen LogP contribution in [0.15, 0.2) is 30.3 Å². The van der Waals surface area contributed by atoms with Gasteiger partial charge in [0, 0.05) is 32.2 Å². The van der Waals surface area contributed by atoms with Gasteiger partial charge in [0.2, 0.25) is 0 Å². The number of hydrogen-bond acceptors (Lipinski definition) is 3. The van der Waals surface area contributed by atoms with Crippen molar-refractivity contribution in [3.63, 3.8) is 0 Å². The van der Waals surface area contributed by atoms with E-state index in [0.717, 1.165) is 29.8 Å². The Morgan fingerprint density at radius 3 is 2.71 bits per heavy atom. The first-order valence-corrected chi connectivity index (χ1v) is 8.57. The lowest BCUT2D eigenvalue weighted by atomic mass is 9.80. The maximum absolute atomic E-state index is 12.0. The number of carboxylic acid groups (broad SMARTS) is 1. The number of halogens is 1. The molecular weight excluding hydrogens is 326 g/mol. The van der Waals surface area contributed by atoms with Crippen LogP contribution in [0.2, 0.25) is 5.15 Å². The van der Waals surface area contributed by atoms with Crippen LogP contribution >= 0.6 is 11.6 Å². The first-order valence-electron chi connectivity index (χ1n) is 8.19. The molecule has 0 radical (unpaired) electrons. The second kappa shape index (κ2) is 6.57. The predicted octanol–water partition coefficient (Wildman–Crippen LogP) is 2.86. The summed E-state index contributed by atoms with van der Waals surface area (Å²) in [6.45, 7) is 3.91. The molecule has 1 atom stereocenters. The van der Waals surface area contributed by atoms with Crippen LogP contribution in [0.3, 0.4) is 0 Å². The third-order valence-electron chi connectivity index (χ3n) is 4.95. The maximum atomic E-state index is 12.0. The molecule has 0 unspecified atom stereocenters. The van der Waals surface area contributed by atoms with E-state index in [9.17, 15) is 9.90 Å². The van der Waals surface area contributed by atoms with Crippen LogP contribution in [0.25, 0.3) is 0 Å². The maximum Gasteiger partial charge on any atom is 0.315 e. The molecule has 0 amide bonds. The third kappa shape index (κ3) is 2.82. The second-order valence-electron chi connectivity index (χ2n) is 6.41. The summed E-state index contributed by atoms with van der Waals surface area (Å²) in [5.41, 5.74) is 2.02. The van der Waals surface area contributed by atoms with E-state index in [1.54, 1.807) is 4.68 Å². The summed E-state index contributed by atoms with van der Waals surface area (Å²) in [5, 5.41) is 15.0. The average molecular weight is 348 g/mol. The average Bonchev–Trinajstić information content (AvgIpc) is 3.13. The van der Waals surface area contributed by atoms with Gasteiger partial charge in [0.1, 0.15) is 10.6 Å². The Kier molecular flexibility index (Phi) is 4.65. The Morgan fingerprint density at radius 2 is 2.08 bits per heavy atom. The summed E-state index contributed by atoms with van der Waals surface area (Å²) in [6, 6.07) is 9.53. The fraction of sp³-hybridized carbons (Fsp3) is 0.444. The monoisotopic (exact) mass is 347 g/mol. The molecule has 0 saturated carbocycles. The van der Waals surface area contributed by atoms with E-state index in [0.29, 0.717) is 24.7 Å². The zero-order valence-corrected chi connectivity index (χ0v) is 14.8. The van der Waals surface area contributed by atoms with Gasteiger partial charge in [-0.3, -0.25) is 14.4 Å². The van der Waals surface area contributed by atoms with Crippen molar-refractivity contribution in [2.24, 2.45) is 7.05 Å². The van der Waals surface area contributed by atoms with Crippen LogP contribution in [-0.4, -0.2) is 38.8 Å². The van der Waals surface area contributed by atoms with E-state index >= 15 is 0 Å². The molecule has 6 heteroatoms. The lowest BCUT2D eigenvalue weighted by Gasteiger charge is -2.25. The van der Waals surface area contributed by atoms with Gasteiger partial charge in [0.25, 0.3) is 0 Å². The number of rotatable bonds is 5. The van der Waals surface area contributed by atoms with Crippen LogP contribution in [0.5, 0.6) is 0 Å². The molecule has 1 saturated heterocycles. The first-order chi connectivity index (χ1) is 11.5. The Labute approximate surface area is 146 Å². The lowest BCUT2D eigenvalue weighted by Crippen LogP contribution is -2.38. The number of hydrogen-bond donors (Lipinski definition) is 1. The summed E-state index contributed by atoms with van der Waals surface area (Å²) < 4.78 is 1.69. The fourth-order valence-corrected chi connectivity index (χ4v) is 3.79. The van der Waals surface area contributed by atoms with E-state index in [4.69, 9.17) is 11.6 Å². The van der Waals surface area contributed by atoms with Crippen molar-refractivity contribution in [3.8, 4) is 0 Å². The zero-order valence-electron chi connectivity index (χ0n) is 14.0. The molecule has 128 valence electrons. The summed E-state index contributed by atoms with van der Waals surface area (Å²) in [5.74, 6) is -0.760. The van der Waals surface area contributed by atoms with Crippen molar-refractivity contribution in [1.29, 1.82) is 0 Å². The molecule has 24 heavy (non-hydrogen) atoms. The van der Waals surface area contributed by atoms with Gasteiger partial charge in [0.15, 0.2) is 0 Å². The van der Waals surface area contributed by atoms with Crippen molar-refractivity contribution in [3.05, 3.63) is 52.3 Å². The van der Waals surface area contributed by atoms with Gasteiger partial charge in [-0.25, -0.2) is 0 Å². The Bertz CT molecular complexity index is 744. The fourth-order valence-electron chi connectivity index (χ4n) is 3.58. The van der Waals surface area contributed by atoms with Gasteiger partial charge in [0.05, 0.1) is 5.69 Å². The van der Waals surface area contributed by atoms with Crippen molar-refractivity contribution in [2.45, 2.75) is 31.7 Å². The van der Waals surface area contributed by atoms with Gasteiger partial charge < -0.3 is 5.11 Å². The highest BCUT2D eigenvalue weighted by Crippen LogP contribution is 2.36. The SMILES string of the molecule is CCc1nn(C)c(Cl)c1CN1CC[C@@](C(=O)O)(c2ccccc2)C1. The second-order valence-corrected chi connectivity index (χ2v) is 6.77. The highest BCUT2D eigenvalue weighted by molar-refractivity contribution is 6.30. The molecule has 5 nitrogen and oxygen atoms in total. The zero-order chi connectivity index (χ0) is 17.3. The molecule has 1 aromatic heterocycles. The van der Waals surface area contributed by atoms with Crippen LogP contribution < -0.4 is 0 Å². The van der Waals surface area contributed by atoms with Crippen molar-refractivity contribution in [1.82, 2.24) is 14.7 Å². The highest BCUT2D eigenvalue weighted by Gasteiger charge is 2.46. The molecule has 3 rings (SSSR count). The largest absolute Gasteiger partial charge is 0.481 e. The summed E-state index contributed by atoms with van der Waals surface area (Å²) in [4.78, 5) is 14.2. The molecule has 1 N–H and O–H groups in total. The van der Waals surface area contributed by atoms with Crippen LogP contribution in [0.1, 0.15) is 30.2 Å². The van der Waals surface area contributed by atoms with E-state index in [1.165, 1.54) is 0 Å². The molecule has 0 bridgehead atoms. The lowest BCUT2D eigenvalue weighted by molar-refractivity contribution is -0.143. The van der Waals surface area contributed by atoms with Gasteiger partial charge in [-0.1, -0.05) is 48.9 Å². The van der Waals surface area contributed by atoms with E-state index < -0.39 is 11.4 Å². The number of carboxylic acids is 1. The van der Waals surface area contributed by atoms with Crippen LogP contribution in [0, 0.1) is 0 Å². The number of aryl methyl sites for hydroxylation is 2. The molecule has 1 aliphatic heterocycles. The van der Waals surface area contributed by atoms with Crippen molar-refractivity contribution >= 4 is 17.6 Å². The van der Waals surface area contributed by atoms with Gasteiger partial charge in [-0.2, -0.15) is 5.10 Å². The van der Waals surface area contributed by atoms with Crippen LogP contribution in [-0.2, 0) is 30.2 Å². The third-order valence-corrected chi connectivity index (χ3v) is 5.43. The summed E-state index contributed by atoms with van der Waals surface area (Å²) in [7, 11) is 1.83. The van der Waals surface area contributed by atoms with Gasteiger partial charge in [-0.15, -0.1) is 0 Å². The number of aromatic nitrogens is 2. The van der Waals surface area contributed by atoms with Crippen molar-refractivity contribution < 1.29 is 9.90 Å². The first kappa shape index (κ1) is 17.0. The van der Waals surface area contributed by atoms with Crippen LogP contribution in [0.4, 0.5) is 0 Å². The number of benzene rings is 1. The molecule has 2 aromatic rings. The van der Waals surface area contributed by atoms with Gasteiger partial charge >= 0.3 is 5.97 Å². The van der Waals surface area contributed by atoms with Gasteiger partial charge in [-0.05, 0) is 18.4 Å². The minimum atomic E-state index is -0.845. The highest BCUT2D eigenvalue weighted by atomic mass is 35.5. The number of likely N-dealkylation sites (tertiary alicyclic amines) is 1. The number of carbonyl (C=O) groups is 1. The Hall–Kier alpha value is -1.85. The quantitative estimate of drug-likeness (QED) is 0.903.